The monoisotopic (exact) mass is 222 g/mol. The van der Waals surface area contributed by atoms with Crippen LogP contribution in [0.25, 0.3) is 0 Å². The summed E-state index contributed by atoms with van der Waals surface area (Å²) in [7, 11) is 0. The molecule has 0 aliphatic heterocycles. The van der Waals surface area contributed by atoms with Crippen molar-refractivity contribution >= 4 is 5.78 Å². The van der Waals surface area contributed by atoms with E-state index in [9.17, 15) is 4.79 Å². The van der Waals surface area contributed by atoms with Gasteiger partial charge >= 0.3 is 0 Å². The minimum atomic E-state index is 0.0332. The van der Waals surface area contributed by atoms with Crippen LogP contribution in [0.4, 0.5) is 0 Å². The number of ether oxygens (including phenoxy) is 1. The van der Waals surface area contributed by atoms with Crippen LogP contribution in [0.2, 0.25) is 0 Å². The summed E-state index contributed by atoms with van der Waals surface area (Å²) < 4.78 is 5.31. The SMILES string of the molecule is CCOc1cc(CC(=O)C(C)C)nc(C)n1. The lowest BCUT2D eigenvalue weighted by molar-refractivity contribution is -0.121. The van der Waals surface area contributed by atoms with E-state index in [0.29, 0.717) is 24.7 Å². The first-order valence-corrected chi connectivity index (χ1v) is 5.53. The van der Waals surface area contributed by atoms with Crippen molar-refractivity contribution in [3.8, 4) is 5.88 Å². The highest BCUT2D eigenvalue weighted by molar-refractivity contribution is 5.82. The van der Waals surface area contributed by atoms with E-state index in [1.165, 1.54) is 0 Å². The maximum Gasteiger partial charge on any atom is 0.216 e. The molecule has 1 aromatic heterocycles. The summed E-state index contributed by atoms with van der Waals surface area (Å²) in [5.74, 6) is 1.39. The standard InChI is InChI=1S/C12H18N2O2/c1-5-16-12-7-10(13-9(4)14-12)6-11(15)8(2)3/h7-8H,5-6H2,1-4H3. The highest BCUT2D eigenvalue weighted by atomic mass is 16.5. The van der Waals surface area contributed by atoms with Gasteiger partial charge in [0.05, 0.1) is 12.3 Å². The van der Waals surface area contributed by atoms with Crippen LogP contribution in [0.15, 0.2) is 6.07 Å². The Hall–Kier alpha value is -1.45. The molecule has 0 atom stereocenters. The lowest BCUT2D eigenvalue weighted by atomic mass is 10.0. The Morgan fingerprint density at radius 1 is 1.44 bits per heavy atom. The molecule has 0 N–H and O–H groups in total. The zero-order valence-corrected chi connectivity index (χ0v) is 10.3. The minimum absolute atomic E-state index is 0.0332. The van der Waals surface area contributed by atoms with Gasteiger partial charge in [-0.1, -0.05) is 13.8 Å². The normalized spacial score (nSPS) is 10.6. The smallest absolute Gasteiger partial charge is 0.216 e. The summed E-state index contributed by atoms with van der Waals surface area (Å²) in [5.41, 5.74) is 0.731. The van der Waals surface area contributed by atoms with Gasteiger partial charge < -0.3 is 4.74 Å². The van der Waals surface area contributed by atoms with E-state index >= 15 is 0 Å². The highest BCUT2D eigenvalue weighted by Crippen LogP contribution is 2.11. The van der Waals surface area contributed by atoms with Crippen molar-refractivity contribution in [2.75, 3.05) is 6.61 Å². The van der Waals surface area contributed by atoms with Crippen molar-refractivity contribution in [3.63, 3.8) is 0 Å². The van der Waals surface area contributed by atoms with Crippen molar-refractivity contribution in [1.82, 2.24) is 9.97 Å². The Morgan fingerprint density at radius 3 is 2.69 bits per heavy atom. The number of nitrogens with zero attached hydrogens (tertiary/aromatic N) is 2. The third kappa shape index (κ3) is 3.61. The number of carbonyl (C=O) groups excluding carboxylic acids is 1. The molecule has 0 spiro atoms. The average molecular weight is 222 g/mol. The molecule has 88 valence electrons. The maximum absolute atomic E-state index is 11.6. The van der Waals surface area contributed by atoms with Gasteiger partial charge in [-0.05, 0) is 13.8 Å². The molecular weight excluding hydrogens is 204 g/mol. The first kappa shape index (κ1) is 12.6. The van der Waals surface area contributed by atoms with Gasteiger partial charge in [-0.3, -0.25) is 4.79 Å². The molecular formula is C12H18N2O2. The first-order chi connectivity index (χ1) is 7.52. The molecule has 0 amide bonds. The largest absolute Gasteiger partial charge is 0.478 e. The molecule has 1 aromatic rings. The summed E-state index contributed by atoms with van der Waals surface area (Å²) >= 11 is 0. The van der Waals surface area contributed by atoms with Gasteiger partial charge in [-0.15, -0.1) is 0 Å². The topological polar surface area (TPSA) is 52.1 Å². The maximum atomic E-state index is 11.6. The third-order valence-electron chi connectivity index (χ3n) is 2.16. The van der Waals surface area contributed by atoms with Crippen LogP contribution in [0.5, 0.6) is 5.88 Å². The zero-order valence-electron chi connectivity index (χ0n) is 10.3. The van der Waals surface area contributed by atoms with Gasteiger partial charge in [0.2, 0.25) is 5.88 Å². The van der Waals surface area contributed by atoms with E-state index in [-0.39, 0.29) is 11.7 Å². The first-order valence-electron chi connectivity index (χ1n) is 5.53. The molecule has 1 heterocycles. The lowest BCUT2D eigenvalue weighted by Crippen LogP contribution is -2.12. The molecule has 0 bridgehead atoms. The summed E-state index contributed by atoms with van der Waals surface area (Å²) in [4.78, 5) is 19.9. The van der Waals surface area contributed by atoms with Crippen molar-refractivity contribution in [2.24, 2.45) is 5.92 Å². The third-order valence-corrected chi connectivity index (χ3v) is 2.16. The van der Waals surface area contributed by atoms with Crippen molar-refractivity contribution < 1.29 is 9.53 Å². The van der Waals surface area contributed by atoms with Crippen molar-refractivity contribution in [3.05, 3.63) is 17.6 Å². The van der Waals surface area contributed by atoms with Crippen LogP contribution in [0.1, 0.15) is 32.3 Å². The van der Waals surface area contributed by atoms with Crippen LogP contribution in [0.3, 0.4) is 0 Å². The van der Waals surface area contributed by atoms with Crippen LogP contribution in [0, 0.1) is 12.8 Å². The molecule has 0 saturated carbocycles. The van der Waals surface area contributed by atoms with Crippen LogP contribution in [-0.2, 0) is 11.2 Å². The molecule has 0 radical (unpaired) electrons. The zero-order chi connectivity index (χ0) is 12.1. The van der Waals surface area contributed by atoms with Crippen LogP contribution < -0.4 is 4.74 Å². The summed E-state index contributed by atoms with van der Waals surface area (Å²) in [6.45, 7) is 8.04. The molecule has 1 rings (SSSR count). The minimum Gasteiger partial charge on any atom is -0.478 e. The number of ketones is 1. The molecule has 0 fully saturated rings. The molecule has 0 unspecified atom stereocenters. The fourth-order valence-corrected chi connectivity index (χ4v) is 1.29. The van der Waals surface area contributed by atoms with Gasteiger partial charge in [0.25, 0.3) is 0 Å². The number of carbonyl (C=O) groups is 1. The van der Waals surface area contributed by atoms with Crippen LogP contribution >= 0.6 is 0 Å². The Bertz CT molecular complexity index is 375. The molecule has 4 heteroatoms. The van der Waals surface area contributed by atoms with Gasteiger partial charge in [-0.2, -0.15) is 4.98 Å². The fourth-order valence-electron chi connectivity index (χ4n) is 1.29. The second-order valence-electron chi connectivity index (χ2n) is 3.98. The number of rotatable bonds is 5. The summed E-state index contributed by atoms with van der Waals surface area (Å²) in [6.07, 6.45) is 0.348. The second-order valence-corrected chi connectivity index (χ2v) is 3.98. The number of aromatic nitrogens is 2. The summed E-state index contributed by atoms with van der Waals surface area (Å²) in [6, 6.07) is 1.73. The molecule has 0 aliphatic rings. The van der Waals surface area contributed by atoms with Gasteiger partial charge in [-0.25, -0.2) is 4.98 Å². The predicted molar refractivity (Wildman–Crippen MR) is 61.5 cm³/mol. The Morgan fingerprint density at radius 2 is 2.12 bits per heavy atom. The van der Waals surface area contributed by atoms with E-state index in [1.807, 2.05) is 20.8 Å². The van der Waals surface area contributed by atoms with Gasteiger partial charge in [0, 0.05) is 18.4 Å². The number of Topliss-reactive ketones (excluding diaryl/α,β-unsaturated/α-hetero) is 1. The Kier molecular flexibility index (Phi) is 4.40. The van der Waals surface area contributed by atoms with E-state index in [2.05, 4.69) is 9.97 Å². The van der Waals surface area contributed by atoms with Crippen molar-refractivity contribution in [1.29, 1.82) is 0 Å². The van der Waals surface area contributed by atoms with E-state index in [1.54, 1.807) is 13.0 Å². The second kappa shape index (κ2) is 5.58. The fraction of sp³-hybridized carbons (Fsp3) is 0.583. The van der Waals surface area contributed by atoms with Crippen LogP contribution in [-0.4, -0.2) is 22.4 Å². The molecule has 0 aromatic carbocycles. The molecule has 0 saturated heterocycles. The quantitative estimate of drug-likeness (QED) is 0.764. The highest BCUT2D eigenvalue weighted by Gasteiger charge is 2.11. The molecule has 16 heavy (non-hydrogen) atoms. The number of aryl methyl sites for hydroxylation is 1. The summed E-state index contributed by atoms with van der Waals surface area (Å²) in [5, 5.41) is 0. The molecule has 4 nitrogen and oxygen atoms in total. The number of hydrogen-bond acceptors (Lipinski definition) is 4. The predicted octanol–water partition coefficient (Wildman–Crippen LogP) is 1.95. The number of hydrogen-bond donors (Lipinski definition) is 0. The van der Waals surface area contributed by atoms with E-state index < -0.39 is 0 Å². The van der Waals surface area contributed by atoms with E-state index in [4.69, 9.17) is 4.74 Å². The lowest BCUT2D eigenvalue weighted by Gasteiger charge is -2.07. The van der Waals surface area contributed by atoms with Gasteiger partial charge in [0.1, 0.15) is 11.6 Å². The van der Waals surface area contributed by atoms with E-state index in [0.717, 1.165) is 5.69 Å². The average Bonchev–Trinajstić information content (AvgIpc) is 2.16. The van der Waals surface area contributed by atoms with Gasteiger partial charge in [0.15, 0.2) is 0 Å². The molecule has 0 aliphatic carbocycles. The Balaban J connectivity index is 2.83. The Labute approximate surface area is 96.1 Å². The van der Waals surface area contributed by atoms with Crippen molar-refractivity contribution in [2.45, 2.75) is 34.1 Å².